The molecule has 2 heterocycles. The van der Waals surface area contributed by atoms with E-state index in [1.54, 1.807) is 34.6 Å². The number of ether oxygens (including phenoxy) is 4. The smallest absolute Gasteiger partial charge is 0.311 e. The Hall–Kier alpha value is -0.690. The molecule has 2 saturated heterocycles. The molecular weight excluding hydrogens is 252 g/mol. The van der Waals surface area contributed by atoms with E-state index in [2.05, 4.69) is 0 Å². The van der Waals surface area contributed by atoms with E-state index < -0.39 is 35.8 Å². The number of aliphatic hydroxyl groups excluding tert-OH is 1. The topological polar surface area (TPSA) is 74.2 Å². The summed E-state index contributed by atoms with van der Waals surface area (Å²) in [5.74, 6) is -1.07. The quantitative estimate of drug-likeness (QED) is 0.751. The van der Waals surface area contributed by atoms with E-state index in [0.717, 1.165) is 0 Å². The molecule has 0 amide bonds. The van der Waals surface area contributed by atoms with E-state index in [9.17, 15) is 9.90 Å². The number of hydrogen-bond donors (Lipinski definition) is 1. The van der Waals surface area contributed by atoms with Crippen molar-refractivity contribution in [3.63, 3.8) is 0 Å². The summed E-state index contributed by atoms with van der Waals surface area (Å²) >= 11 is 0. The zero-order valence-corrected chi connectivity index (χ0v) is 12.0. The minimum atomic E-state index is -1.05. The van der Waals surface area contributed by atoms with Crippen LogP contribution in [0.4, 0.5) is 0 Å². The molecule has 0 aromatic rings. The molecule has 2 aliphatic rings. The van der Waals surface area contributed by atoms with Crippen LogP contribution in [0, 0.1) is 5.41 Å². The van der Waals surface area contributed by atoms with Gasteiger partial charge in [-0.2, -0.15) is 0 Å². The highest BCUT2D eigenvalue weighted by Gasteiger charge is 2.55. The Balaban J connectivity index is 1.94. The number of carbonyl (C=O) groups excluding carboxylic acids is 1. The van der Waals surface area contributed by atoms with Gasteiger partial charge in [0, 0.05) is 0 Å². The standard InChI is InChI=1S/C13H22O6/c1-12(2,3)11(15)16-6-7-8-9(10(14)17-7)19-13(4,5)18-8/h7-10,14H,6H2,1-5H3/t7-,8+,9-,10-/m1/s1. The van der Waals surface area contributed by atoms with E-state index in [0.29, 0.717) is 0 Å². The van der Waals surface area contributed by atoms with Crippen LogP contribution in [0.2, 0.25) is 0 Å². The molecule has 110 valence electrons. The molecule has 0 saturated carbocycles. The van der Waals surface area contributed by atoms with Gasteiger partial charge in [0.2, 0.25) is 0 Å². The van der Waals surface area contributed by atoms with E-state index in [1.807, 2.05) is 0 Å². The van der Waals surface area contributed by atoms with Crippen molar-refractivity contribution < 1.29 is 28.8 Å². The van der Waals surface area contributed by atoms with Gasteiger partial charge >= 0.3 is 5.97 Å². The number of fused-ring (bicyclic) bond motifs is 1. The van der Waals surface area contributed by atoms with E-state index in [1.165, 1.54) is 0 Å². The van der Waals surface area contributed by atoms with Gasteiger partial charge in [-0.1, -0.05) is 0 Å². The van der Waals surface area contributed by atoms with Crippen LogP contribution in [0.3, 0.4) is 0 Å². The molecule has 0 aliphatic carbocycles. The molecule has 0 aromatic carbocycles. The van der Waals surface area contributed by atoms with E-state index in [-0.39, 0.29) is 12.6 Å². The monoisotopic (exact) mass is 274 g/mol. The van der Waals surface area contributed by atoms with Crippen molar-refractivity contribution >= 4 is 5.97 Å². The molecule has 6 heteroatoms. The Morgan fingerprint density at radius 1 is 1.26 bits per heavy atom. The van der Waals surface area contributed by atoms with Crippen molar-refractivity contribution in [3.8, 4) is 0 Å². The highest BCUT2D eigenvalue weighted by atomic mass is 16.8. The van der Waals surface area contributed by atoms with Crippen molar-refractivity contribution in [2.75, 3.05) is 6.61 Å². The van der Waals surface area contributed by atoms with Crippen molar-refractivity contribution in [3.05, 3.63) is 0 Å². The Bertz CT molecular complexity index is 359. The third-order valence-corrected chi connectivity index (χ3v) is 3.12. The minimum absolute atomic E-state index is 0.0494. The second-order valence-electron chi connectivity index (χ2n) is 6.48. The Morgan fingerprint density at radius 2 is 1.84 bits per heavy atom. The van der Waals surface area contributed by atoms with Gasteiger partial charge < -0.3 is 24.1 Å². The lowest BCUT2D eigenvalue weighted by Crippen LogP contribution is -2.35. The number of rotatable bonds is 2. The summed E-state index contributed by atoms with van der Waals surface area (Å²) in [6.07, 6.45) is -2.51. The molecular formula is C13H22O6. The van der Waals surface area contributed by atoms with Gasteiger partial charge in [-0.15, -0.1) is 0 Å². The first kappa shape index (κ1) is 14.7. The van der Waals surface area contributed by atoms with Crippen LogP contribution in [0.5, 0.6) is 0 Å². The first-order valence-electron chi connectivity index (χ1n) is 6.46. The minimum Gasteiger partial charge on any atom is -0.462 e. The van der Waals surface area contributed by atoms with Gasteiger partial charge in [0.05, 0.1) is 5.41 Å². The summed E-state index contributed by atoms with van der Waals surface area (Å²) in [5, 5.41) is 9.76. The fourth-order valence-electron chi connectivity index (χ4n) is 2.17. The summed E-state index contributed by atoms with van der Waals surface area (Å²) in [4.78, 5) is 11.7. The maximum absolute atomic E-state index is 11.7. The Morgan fingerprint density at radius 3 is 2.42 bits per heavy atom. The lowest BCUT2D eigenvalue weighted by Gasteiger charge is -2.23. The van der Waals surface area contributed by atoms with Crippen molar-refractivity contribution in [2.24, 2.45) is 5.41 Å². The zero-order valence-electron chi connectivity index (χ0n) is 12.0. The largest absolute Gasteiger partial charge is 0.462 e. The molecule has 2 aliphatic heterocycles. The van der Waals surface area contributed by atoms with E-state index >= 15 is 0 Å². The highest BCUT2D eigenvalue weighted by molar-refractivity contribution is 5.75. The van der Waals surface area contributed by atoms with Crippen LogP contribution in [-0.4, -0.2) is 48.1 Å². The summed E-state index contributed by atoms with van der Waals surface area (Å²) in [7, 11) is 0. The molecule has 0 bridgehead atoms. The van der Waals surface area contributed by atoms with Crippen molar-refractivity contribution in [2.45, 2.75) is 65.0 Å². The fraction of sp³-hybridized carbons (Fsp3) is 0.923. The summed E-state index contributed by atoms with van der Waals surface area (Å²) in [5.41, 5.74) is -0.567. The molecule has 0 aromatic heterocycles. The van der Waals surface area contributed by atoms with Crippen LogP contribution < -0.4 is 0 Å². The molecule has 19 heavy (non-hydrogen) atoms. The Labute approximate surface area is 113 Å². The molecule has 0 radical (unpaired) electrons. The molecule has 0 spiro atoms. The van der Waals surface area contributed by atoms with Crippen molar-refractivity contribution in [1.29, 1.82) is 0 Å². The zero-order chi connectivity index (χ0) is 14.4. The van der Waals surface area contributed by atoms with Crippen LogP contribution in [0.1, 0.15) is 34.6 Å². The second-order valence-corrected chi connectivity index (χ2v) is 6.48. The maximum atomic E-state index is 11.7. The third-order valence-electron chi connectivity index (χ3n) is 3.12. The summed E-state index contributed by atoms with van der Waals surface area (Å²) < 4.78 is 21.7. The maximum Gasteiger partial charge on any atom is 0.311 e. The number of carbonyl (C=O) groups is 1. The molecule has 0 unspecified atom stereocenters. The second kappa shape index (κ2) is 4.70. The molecule has 2 rings (SSSR count). The number of esters is 1. The average Bonchev–Trinajstić information content (AvgIpc) is 2.70. The molecule has 2 fully saturated rings. The number of hydrogen-bond acceptors (Lipinski definition) is 6. The van der Waals surface area contributed by atoms with Gasteiger partial charge in [0.1, 0.15) is 24.9 Å². The van der Waals surface area contributed by atoms with Gasteiger partial charge in [-0.05, 0) is 34.6 Å². The SMILES string of the molecule is CC1(C)O[C@@H]2[C@@H](O1)[C@@H](COC(=O)C(C)(C)C)O[C@H]2O. The molecule has 1 N–H and O–H groups in total. The van der Waals surface area contributed by atoms with Crippen LogP contribution in [0.25, 0.3) is 0 Å². The highest BCUT2D eigenvalue weighted by Crippen LogP contribution is 2.38. The van der Waals surface area contributed by atoms with Crippen LogP contribution in [-0.2, 0) is 23.7 Å². The first-order chi connectivity index (χ1) is 8.60. The van der Waals surface area contributed by atoms with Gasteiger partial charge in [0.15, 0.2) is 12.1 Å². The summed E-state index contributed by atoms with van der Waals surface area (Å²) in [6, 6.07) is 0. The number of aliphatic hydroxyl groups is 1. The lowest BCUT2D eigenvalue weighted by atomic mass is 9.97. The molecule has 6 nitrogen and oxygen atoms in total. The van der Waals surface area contributed by atoms with Gasteiger partial charge in [-0.3, -0.25) is 4.79 Å². The van der Waals surface area contributed by atoms with Gasteiger partial charge in [-0.25, -0.2) is 0 Å². The van der Waals surface area contributed by atoms with Crippen LogP contribution in [0.15, 0.2) is 0 Å². The first-order valence-corrected chi connectivity index (χ1v) is 6.46. The Kier molecular flexibility index (Phi) is 3.64. The summed E-state index contributed by atoms with van der Waals surface area (Å²) in [6.45, 7) is 8.93. The van der Waals surface area contributed by atoms with Crippen LogP contribution >= 0.6 is 0 Å². The van der Waals surface area contributed by atoms with Gasteiger partial charge in [0.25, 0.3) is 0 Å². The normalized spacial score (nSPS) is 37.2. The fourth-order valence-corrected chi connectivity index (χ4v) is 2.17. The third kappa shape index (κ3) is 3.08. The predicted octanol–water partition coefficient (Wildman–Crippen LogP) is 0.813. The average molecular weight is 274 g/mol. The lowest BCUT2D eigenvalue weighted by molar-refractivity contribution is -0.225. The van der Waals surface area contributed by atoms with E-state index in [4.69, 9.17) is 18.9 Å². The predicted molar refractivity (Wildman–Crippen MR) is 65.1 cm³/mol. The van der Waals surface area contributed by atoms with Crippen molar-refractivity contribution in [1.82, 2.24) is 0 Å². The molecule has 4 atom stereocenters.